The third kappa shape index (κ3) is 5.13. The number of hydrogen-bond donors (Lipinski definition) is 4. The number of nitrogens with zero attached hydrogens (tertiary/aromatic N) is 2. The smallest absolute Gasteiger partial charge is 0.143 e. The second-order valence-electron chi connectivity index (χ2n) is 5.74. The maximum absolute atomic E-state index is 10.4. The van der Waals surface area contributed by atoms with Gasteiger partial charge in [0.1, 0.15) is 29.6 Å². The van der Waals surface area contributed by atoms with Crippen LogP contribution in [-0.2, 0) is 14.1 Å². The Balaban J connectivity index is 1.98. The summed E-state index contributed by atoms with van der Waals surface area (Å²) in [5.41, 5.74) is 3.60. The van der Waals surface area contributed by atoms with Gasteiger partial charge in [0.25, 0.3) is 0 Å². The highest BCUT2D eigenvalue weighted by Crippen LogP contribution is 2.41. The largest absolute Gasteiger partial charge is 0.506 e. The molecular weight excluding hydrogens is 396 g/mol. The summed E-state index contributed by atoms with van der Waals surface area (Å²) in [7, 11) is 3.14. The lowest BCUT2D eigenvalue weighted by atomic mass is 10.1. The van der Waals surface area contributed by atoms with Crippen LogP contribution >= 0.6 is 12.0 Å². The molecule has 0 amide bonds. The monoisotopic (exact) mass is 416 g/mol. The fraction of sp³-hybridized carbons (Fsp3) is 0.158. The van der Waals surface area contributed by atoms with Crippen molar-refractivity contribution < 1.29 is 24.3 Å². The normalized spacial score (nSPS) is 11.4. The molecule has 3 aromatic carbocycles. The number of anilines is 1. The number of fused-ring (bicyclic) bond motifs is 1. The van der Waals surface area contributed by atoms with Crippen molar-refractivity contribution in [3.63, 3.8) is 0 Å². The fourth-order valence-corrected chi connectivity index (χ4v) is 3.04. The van der Waals surface area contributed by atoms with Gasteiger partial charge in [-0.1, -0.05) is 18.2 Å². The molecule has 0 heterocycles. The first-order valence-electron chi connectivity index (χ1n) is 8.53. The van der Waals surface area contributed by atoms with Gasteiger partial charge in [-0.3, -0.25) is 0 Å². The molecule has 0 radical (unpaired) electrons. The third-order valence-corrected chi connectivity index (χ3v) is 4.44. The minimum Gasteiger partial charge on any atom is -0.506 e. The number of azo groups is 1. The van der Waals surface area contributed by atoms with Gasteiger partial charge in [0.05, 0.1) is 12.0 Å². The summed E-state index contributed by atoms with van der Waals surface area (Å²) in [6, 6.07) is 13.7. The molecule has 3 aromatic rings. The number of benzene rings is 3. The number of aromatic hydroxyl groups is 2. The van der Waals surface area contributed by atoms with E-state index in [2.05, 4.69) is 26.0 Å². The number of hydrogen-bond acceptors (Lipinski definition) is 10. The second kappa shape index (κ2) is 10.0. The van der Waals surface area contributed by atoms with Crippen LogP contribution in [0.3, 0.4) is 0 Å². The lowest BCUT2D eigenvalue weighted by Crippen LogP contribution is -2.03. The summed E-state index contributed by atoms with van der Waals surface area (Å²) < 4.78 is 9.92. The lowest BCUT2D eigenvalue weighted by Gasteiger charge is -2.11. The van der Waals surface area contributed by atoms with Crippen LogP contribution < -0.4 is 10.8 Å². The maximum Gasteiger partial charge on any atom is 0.143 e. The molecule has 4 N–H and O–H groups in total. The highest BCUT2D eigenvalue weighted by atomic mass is 32.2. The van der Waals surface area contributed by atoms with E-state index < -0.39 is 0 Å². The third-order valence-electron chi connectivity index (χ3n) is 3.86. The van der Waals surface area contributed by atoms with Crippen LogP contribution in [-0.4, -0.2) is 31.1 Å². The van der Waals surface area contributed by atoms with Crippen molar-refractivity contribution in [3.8, 4) is 11.5 Å². The predicted molar refractivity (Wildman–Crippen MR) is 110 cm³/mol. The van der Waals surface area contributed by atoms with Gasteiger partial charge in [-0.15, -0.1) is 19.6 Å². The Kier molecular flexibility index (Phi) is 7.22. The summed E-state index contributed by atoms with van der Waals surface area (Å²) in [5.74, 6) is -0.103. The molecule has 0 bridgehead atoms. The summed E-state index contributed by atoms with van der Waals surface area (Å²) >= 11 is 0.936. The lowest BCUT2D eigenvalue weighted by molar-refractivity contribution is -0.237. The van der Waals surface area contributed by atoms with Gasteiger partial charge in [-0.25, -0.2) is 0 Å². The average Bonchev–Trinajstić information content (AvgIpc) is 2.73. The molecule has 0 aliphatic heterocycles. The minimum absolute atomic E-state index is 0.0383. The number of ether oxygens (including phenoxy) is 1. The molecule has 0 atom stereocenters. The SMILES string of the molecule is CNOOSc1ccc(O)c(N=Nc2c(O)ccc3cccc(NCOC)c23)c1. The van der Waals surface area contributed by atoms with Gasteiger partial charge >= 0.3 is 0 Å². The molecule has 0 aliphatic carbocycles. The van der Waals surface area contributed by atoms with Crippen LogP contribution in [0, 0.1) is 0 Å². The van der Waals surface area contributed by atoms with Crippen molar-refractivity contribution in [2.45, 2.75) is 4.90 Å². The van der Waals surface area contributed by atoms with Crippen LogP contribution in [0.4, 0.5) is 17.1 Å². The van der Waals surface area contributed by atoms with E-state index in [1.807, 2.05) is 18.2 Å². The van der Waals surface area contributed by atoms with Crippen LogP contribution in [0.25, 0.3) is 10.8 Å². The first-order chi connectivity index (χ1) is 14.1. The summed E-state index contributed by atoms with van der Waals surface area (Å²) in [6.07, 6.45) is 0. The fourth-order valence-electron chi connectivity index (χ4n) is 2.58. The van der Waals surface area contributed by atoms with Crippen LogP contribution in [0.1, 0.15) is 0 Å². The van der Waals surface area contributed by atoms with Gasteiger partial charge in [0.2, 0.25) is 0 Å². The van der Waals surface area contributed by atoms with Crippen LogP contribution in [0.2, 0.25) is 0 Å². The molecule has 152 valence electrons. The molecule has 29 heavy (non-hydrogen) atoms. The minimum atomic E-state index is -0.0647. The number of methoxy groups -OCH3 is 1. The van der Waals surface area contributed by atoms with E-state index in [-0.39, 0.29) is 22.9 Å². The van der Waals surface area contributed by atoms with E-state index in [4.69, 9.17) is 9.07 Å². The highest BCUT2D eigenvalue weighted by Gasteiger charge is 2.12. The molecule has 0 spiro atoms. The van der Waals surface area contributed by atoms with E-state index in [1.165, 1.54) is 6.07 Å². The van der Waals surface area contributed by atoms with Crippen molar-refractivity contribution in [3.05, 3.63) is 48.5 Å². The van der Waals surface area contributed by atoms with Gasteiger partial charge in [-0.05, 0) is 35.7 Å². The Morgan fingerprint density at radius 2 is 1.86 bits per heavy atom. The van der Waals surface area contributed by atoms with Crippen molar-refractivity contribution in [1.82, 2.24) is 5.48 Å². The molecule has 9 nitrogen and oxygen atoms in total. The van der Waals surface area contributed by atoms with Gasteiger partial charge in [-0.2, -0.15) is 5.48 Å². The standard InChI is InChI=1S/C19H20N4O5S/c1-20-27-28-29-13-7-9-16(24)15(10-13)22-23-19-17(25)8-6-12-4-3-5-14(18(12)19)21-11-26-2/h3-10,20-21,24-25H,11H2,1-2H3. The van der Waals surface area contributed by atoms with Crippen LogP contribution in [0.5, 0.6) is 11.5 Å². The number of hydroxylamine groups is 1. The van der Waals surface area contributed by atoms with E-state index in [0.29, 0.717) is 17.0 Å². The quantitative estimate of drug-likeness (QED) is 0.0984. The van der Waals surface area contributed by atoms with Gasteiger partial charge in [0.15, 0.2) is 0 Å². The highest BCUT2D eigenvalue weighted by molar-refractivity contribution is 7.94. The van der Waals surface area contributed by atoms with E-state index in [9.17, 15) is 10.2 Å². The maximum atomic E-state index is 10.4. The number of phenols is 2. The average molecular weight is 416 g/mol. The zero-order chi connectivity index (χ0) is 20.6. The second-order valence-corrected chi connectivity index (χ2v) is 6.51. The Bertz CT molecular complexity index is 1020. The number of phenolic OH excluding ortho intramolecular Hbond substituents is 2. The zero-order valence-corrected chi connectivity index (χ0v) is 16.6. The van der Waals surface area contributed by atoms with Crippen LogP contribution in [0.15, 0.2) is 63.7 Å². The predicted octanol–water partition coefficient (Wildman–Crippen LogP) is 4.77. The Labute approximate surface area is 171 Å². The Morgan fingerprint density at radius 3 is 2.66 bits per heavy atom. The molecule has 0 aliphatic rings. The summed E-state index contributed by atoms with van der Waals surface area (Å²) in [5, 5.41) is 33.5. The number of rotatable bonds is 9. The molecule has 0 saturated carbocycles. The molecular formula is C19H20N4O5S. The zero-order valence-electron chi connectivity index (χ0n) is 15.7. The molecule has 10 heteroatoms. The van der Waals surface area contributed by atoms with Gasteiger partial charge in [0, 0.05) is 30.1 Å². The molecule has 3 rings (SSSR count). The molecule has 0 aromatic heterocycles. The van der Waals surface area contributed by atoms with Crippen molar-refractivity contribution in [2.24, 2.45) is 10.2 Å². The Hall–Kier alpha value is -2.89. The molecule has 0 saturated heterocycles. The molecule has 0 fully saturated rings. The van der Waals surface area contributed by atoms with E-state index >= 15 is 0 Å². The van der Waals surface area contributed by atoms with E-state index in [0.717, 1.165) is 23.1 Å². The van der Waals surface area contributed by atoms with Gasteiger partial charge < -0.3 is 20.3 Å². The number of nitrogens with one attached hydrogen (secondary N) is 2. The molecule has 0 unspecified atom stereocenters. The van der Waals surface area contributed by atoms with Crippen molar-refractivity contribution >= 4 is 39.9 Å². The summed E-state index contributed by atoms with van der Waals surface area (Å²) in [6.45, 7) is 0.292. The Morgan fingerprint density at radius 1 is 1.03 bits per heavy atom. The topological polar surface area (TPSA) is 117 Å². The van der Waals surface area contributed by atoms with Crippen molar-refractivity contribution in [2.75, 3.05) is 26.2 Å². The first kappa shape index (κ1) is 20.8. The first-order valence-corrected chi connectivity index (χ1v) is 9.27. The van der Waals surface area contributed by atoms with E-state index in [1.54, 1.807) is 38.4 Å². The van der Waals surface area contributed by atoms with Crippen molar-refractivity contribution in [1.29, 1.82) is 0 Å². The summed E-state index contributed by atoms with van der Waals surface area (Å²) in [4.78, 5) is 5.23.